The number of amides is 1. The number of hydrogen-bond donors (Lipinski definition) is 2. The maximum Gasteiger partial charge on any atom is 0.340 e. The summed E-state index contributed by atoms with van der Waals surface area (Å²) < 4.78 is 11.2. The molecule has 0 aliphatic heterocycles. The number of aryl methyl sites for hydroxylation is 3. The van der Waals surface area contributed by atoms with E-state index in [0.29, 0.717) is 22.7 Å². The number of nitrogens with one attached hydrogen (secondary N) is 2. The van der Waals surface area contributed by atoms with Crippen molar-refractivity contribution in [1.29, 1.82) is 0 Å². The van der Waals surface area contributed by atoms with E-state index in [1.807, 2.05) is 51.1 Å². The summed E-state index contributed by atoms with van der Waals surface area (Å²) in [4.78, 5) is 32.6. The molecule has 5 rings (SSSR count). The lowest BCUT2D eigenvalue weighted by molar-refractivity contribution is -0.115. The van der Waals surface area contributed by atoms with Crippen molar-refractivity contribution in [3.63, 3.8) is 0 Å². The maximum atomic E-state index is 12.6. The highest BCUT2D eigenvalue weighted by atomic mass is 16.4. The molecular weight excluding hydrogens is 382 g/mol. The molecule has 0 fully saturated rings. The molecule has 7 heteroatoms. The Kier molecular flexibility index (Phi) is 3.99. The van der Waals surface area contributed by atoms with Crippen LogP contribution in [0.5, 0.6) is 0 Å². The van der Waals surface area contributed by atoms with Crippen LogP contribution in [-0.4, -0.2) is 15.9 Å². The zero-order chi connectivity index (χ0) is 21.0. The van der Waals surface area contributed by atoms with Gasteiger partial charge in [0.05, 0.1) is 23.0 Å². The highest BCUT2D eigenvalue weighted by molar-refractivity contribution is 5.98. The molecule has 0 saturated carbocycles. The van der Waals surface area contributed by atoms with E-state index in [9.17, 15) is 9.59 Å². The molecule has 150 valence electrons. The lowest BCUT2D eigenvalue weighted by atomic mass is 10.0. The average molecular weight is 401 g/mol. The Balaban J connectivity index is 1.51. The molecule has 0 spiro atoms. The monoisotopic (exact) mass is 401 g/mol. The number of carbonyl (C=O) groups is 1. The van der Waals surface area contributed by atoms with Gasteiger partial charge in [-0.3, -0.25) is 10.1 Å². The van der Waals surface area contributed by atoms with Crippen molar-refractivity contribution in [3.8, 4) is 0 Å². The number of anilines is 1. The van der Waals surface area contributed by atoms with E-state index in [1.54, 1.807) is 6.07 Å². The van der Waals surface area contributed by atoms with Gasteiger partial charge in [-0.05, 0) is 50.1 Å². The predicted octanol–water partition coefficient (Wildman–Crippen LogP) is 4.52. The first-order valence-electron chi connectivity index (χ1n) is 9.61. The second kappa shape index (κ2) is 6.59. The quantitative estimate of drug-likeness (QED) is 0.433. The summed E-state index contributed by atoms with van der Waals surface area (Å²) in [5.41, 5.74) is 4.26. The summed E-state index contributed by atoms with van der Waals surface area (Å²) in [6.07, 6.45) is -0.109. The van der Waals surface area contributed by atoms with Crippen LogP contribution in [0.25, 0.3) is 33.0 Å². The molecule has 2 N–H and O–H groups in total. The van der Waals surface area contributed by atoms with Gasteiger partial charge < -0.3 is 13.8 Å². The Bertz CT molecular complexity index is 1490. The SMILES string of the molecule is Cc1oc2cc3oc(=O)c(CC(=O)Nc4nc5ccccc5[nH]4)c(C)c3cc2c1C. The van der Waals surface area contributed by atoms with Crippen molar-refractivity contribution in [2.75, 3.05) is 5.32 Å². The number of fused-ring (bicyclic) bond motifs is 3. The topological polar surface area (TPSA) is 101 Å². The molecule has 5 aromatic rings. The summed E-state index contributed by atoms with van der Waals surface area (Å²) in [6, 6.07) is 11.2. The first-order valence-corrected chi connectivity index (χ1v) is 9.61. The van der Waals surface area contributed by atoms with E-state index in [1.165, 1.54) is 0 Å². The second-order valence-corrected chi connectivity index (χ2v) is 7.45. The summed E-state index contributed by atoms with van der Waals surface area (Å²) in [5, 5.41) is 4.48. The minimum Gasteiger partial charge on any atom is -0.461 e. The number of furan rings is 1. The number of nitrogens with zero attached hydrogens (tertiary/aromatic N) is 1. The third-order valence-corrected chi connectivity index (χ3v) is 5.57. The Morgan fingerprint density at radius 3 is 2.57 bits per heavy atom. The summed E-state index contributed by atoms with van der Waals surface area (Å²) in [6.45, 7) is 5.72. The number of imidazole rings is 1. The minimum absolute atomic E-state index is 0.109. The lowest BCUT2D eigenvalue weighted by Gasteiger charge is -2.08. The van der Waals surface area contributed by atoms with Gasteiger partial charge in [0.25, 0.3) is 0 Å². The third-order valence-electron chi connectivity index (χ3n) is 5.57. The Morgan fingerprint density at radius 2 is 1.77 bits per heavy atom. The minimum atomic E-state index is -0.529. The fourth-order valence-corrected chi connectivity index (χ4v) is 3.78. The first kappa shape index (κ1) is 18.2. The largest absolute Gasteiger partial charge is 0.461 e. The van der Waals surface area contributed by atoms with Crippen LogP contribution in [0.4, 0.5) is 5.95 Å². The highest BCUT2D eigenvalue weighted by Crippen LogP contribution is 2.31. The number of carbonyl (C=O) groups excluding carboxylic acids is 1. The molecule has 3 aromatic heterocycles. The molecule has 0 unspecified atom stereocenters. The number of hydrogen-bond acceptors (Lipinski definition) is 5. The van der Waals surface area contributed by atoms with Crippen LogP contribution in [0.1, 0.15) is 22.5 Å². The Hall–Kier alpha value is -3.87. The van der Waals surface area contributed by atoms with Gasteiger partial charge >= 0.3 is 5.63 Å². The van der Waals surface area contributed by atoms with Gasteiger partial charge in [-0.2, -0.15) is 0 Å². The summed E-state index contributed by atoms with van der Waals surface area (Å²) in [7, 11) is 0. The van der Waals surface area contributed by atoms with E-state index in [2.05, 4.69) is 15.3 Å². The summed E-state index contributed by atoms with van der Waals surface area (Å²) in [5.74, 6) is 0.821. The highest BCUT2D eigenvalue weighted by Gasteiger charge is 2.18. The van der Waals surface area contributed by atoms with Crippen LogP contribution in [0, 0.1) is 20.8 Å². The first-order chi connectivity index (χ1) is 14.4. The fraction of sp³-hybridized carbons (Fsp3) is 0.174. The zero-order valence-electron chi connectivity index (χ0n) is 16.8. The number of rotatable bonds is 3. The Morgan fingerprint density at radius 1 is 1.03 bits per heavy atom. The molecule has 2 aromatic carbocycles. The molecular formula is C23H19N3O4. The molecule has 0 atom stereocenters. The van der Waals surface area contributed by atoms with Gasteiger partial charge in [-0.1, -0.05) is 12.1 Å². The van der Waals surface area contributed by atoms with Crippen LogP contribution in [-0.2, 0) is 11.2 Å². The smallest absolute Gasteiger partial charge is 0.340 e. The van der Waals surface area contributed by atoms with E-state index in [-0.39, 0.29) is 12.3 Å². The van der Waals surface area contributed by atoms with Crippen molar-refractivity contribution in [2.24, 2.45) is 0 Å². The fourth-order valence-electron chi connectivity index (χ4n) is 3.78. The number of aromatic amines is 1. The van der Waals surface area contributed by atoms with Crippen LogP contribution in [0.15, 0.2) is 50.0 Å². The molecule has 0 aliphatic rings. The number of H-pyrrole nitrogens is 1. The van der Waals surface area contributed by atoms with Crippen molar-refractivity contribution in [2.45, 2.75) is 27.2 Å². The van der Waals surface area contributed by atoms with Crippen LogP contribution < -0.4 is 10.9 Å². The number of benzene rings is 2. The van der Waals surface area contributed by atoms with Gasteiger partial charge in [-0.25, -0.2) is 9.78 Å². The van der Waals surface area contributed by atoms with Gasteiger partial charge in [0.2, 0.25) is 11.9 Å². The predicted molar refractivity (Wildman–Crippen MR) is 115 cm³/mol. The number of aromatic nitrogens is 2. The van der Waals surface area contributed by atoms with Crippen molar-refractivity contribution >= 4 is 44.8 Å². The zero-order valence-corrected chi connectivity index (χ0v) is 16.8. The third kappa shape index (κ3) is 2.86. The second-order valence-electron chi connectivity index (χ2n) is 7.45. The lowest BCUT2D eigenvalue weighted by Crippen LogP contribution is -2.21. The van der Waals surface area contributed by atoms with E-state index in [0.717, 1.165) is 38.7 Å². The van der Waals surface area contributed by atoms with E-state index < -0.39 is 5.63 Å². The molecule has 30 heavy (non-hydrogen) atoms. The van der Waals surface area contributed by atoms with E-state index >= 15 is 0 Å². The molecule has 0 aliphatic carbocycles. The molecule has 3 heterocycles. The molecule has 0 saturated heterocycles. The molecule has 7 nitrogen and oxygen atoms in total. The maximum absolute atomic E-state index is 12.6. The van der Waals surface area contributed by atoms with Crippen LogP contribution >= 0.6 is 0 Å². The van der Waals surface area contributed by atoms with Gasteiger partial charge in [0.15, 0.2) is 0 Å². The van der Waals surface area contributed by atoms with Gasteiger partial charge in [-0.15, -0.1) is 0 Å². The Labute approximate surface area is 170 Å². The summed E-state index contributed by atoms with van der Waals surface area (Å²) >= 11 is 0. The molecule has 0 bridgehead atoms. The van der Waals surface area contributed by atoms with Gasteiger partial charge in [0.1, 0.15) is 16.9 Å². The van der Waals surface area contributed by atoms with Crippen molar-refractivity contribution in [3.05, 3.63) is 69.3 Å². The van der Waals surface area contributed by atoms with Crippen molar-refractivity contribution < 1.29 is 13.6 Å². The van der Waals surface area contributed by atoms with Gasteiger partial charge in [0, 0.05) is 16.8 Å². The molecule has 0 radical (unpaired) electrons. The standard InChI is InChI=1S/C23H19N3O4/c1-11-13(3)29-19-10-20-15(8-14(11)19)12(2)16(22(28)30-20)9-21(27)26-23-24-17-6-4-5-7-18(17)25-23/h4-8,10H,9H2,1-3H3,(H2,24,25,26,27). The van der Waals surface area contributed by atoms with E-state index in [4.69, 9.17) is 8.83 Å². The van der Waals surface area contributed by atoms with Crippen LogP contribution in [0.2, 0.25) is 0 Å². The normalized spacial score (nSPS) is 11.6. The molecule has 1 amide bonds. The van der Waals surface area contributed by atoms with Crippen molar-refractivity contribution in [1.82, 2.24) is 9.97 Å². The number of para-hydroxylation sites is 2. The van der Waals surface area contributed by atoms with Crippen LogP contribution in [0.3, 0.4) is 0 Å². The average Bonchev–Trinajstić information content (AvgIpc) is 3.24.